The maximum absolute atomic E-state index is 13.3. The molecule has 0 heterocycles. The van der Waals surface area contributed by atoms with Crippen LogP contribution in [0.2, 0.25) is 0 Å². The summed E-state index contributed by atoms with van der Waals surface area (Å²) in [6, 6.07) is 1.96. The first-order valence-electron chi connectivity index (χ1n) is 3.82. The first-order valence-corrected chi connectivity index (χ1v) is 4.85. The van der Waals surface area contributed by atoms with Crippen molar-refractivity contribution in [3.8, 4) is 5.75 Å². The molecule has 14 heavy (non-hydrogen) atoms. The van der Waals surface area contributed by atoms with Gasteiger partial charge in [-0.15, -0.1) is 0 Å². The van der Waals surface area contributed by atoms with Crippen molar-refractivity contribution in [1.29, 1.82) is 0 Å². The standard InChI is InChI=1S/C8H8F2O3S/c1-2-5-6(9)3-4-7(8(5)10)13-14(11)12/h3-4H,2H2,1H3,(H,11,12). The van der Waals surface area contributed by atoms with E-state index in [9.17, 15) is 13.0 Å². The normalized spacial score (nSPS) is 12.6. The van der Waals surface area contributed by atoms with Crippen LogP contribution in [0.15, 0.2) is 12.1 Å². The molecule has 0 aliphatic heterocycles. The molecule has 1 rings (SSSR count). The van der Waals surface area contributed by atoms with Gasteiger partial charge in [0.15, 0.2) is 11.6 Å². The summed E-state index contributed by atoms with van der Waals surface area (Å²) in [5.74, 6) is -2.06. The summed E-state index contributed by atoms with van der Waals surface area (Å²) >= 11 is -2.61. The molecule has 78 valence electrons. The van der Waals surface area contributed by atoms with Crippen LogP contribution >= 0.6 is 0 Å². The van der Waals surface area contributed by atoms with Crippen molar-refractivity contribution >= 4 is 11.4 Å². The highest BCUT2D eigenvalue weighted by atomic mass is 32.2. The van der Waals surface area contributed by atoms with Crippen LogP contribution in [0.3, 0.4) is 0 Å². The van der Waals surface area contributed by atoms with Gasteiger partial charge in [-0.2, -0.15) is 4.21 Å². The minimum Gasteiger partial charge on any atom is -0.377 e. The molecule has 1 unspecified atom stereocenters. The highest BCUT2D eigenvalue weighted by Crippen LogP contribution is 2.23. The Kier molecular flexibility index (Phi) is 3.54. The summed E-state index contributed by atoms with van der Waals surface area (Å²) < 4.78 is 49.0. The van der Waals surface area contributed by atoms with E-state index in [1.165, 1.54) is 0 Å². The lowest BCUT2D eigenvalue weighted by atomic mass is 10.1. The zero-order chi connectivity index (χ0) is 10.7. The molecule has 1 aromatic carbocycles. The quantitative estimate of drug-likeness (QED) is 0.796. The summed E-state index contributed by atoms with van der Waals surface area (Å²) in [6.45, 7) is 1.57. The first kappa shape index (κ1) is 11.1. The second kappa shape index (κ2) is 4.47. The van der Waals surface area contributed by atoms with Gasteiger partial charge in [0.2, 0.25) is 0 Å². The molecule has 1 N–H and O–H groups in total. The van der Waals surface area contributed by atoms with Gasteiger partial charge in [-0.1, -0.05) is 6.92 Å². The van der Waals surface area contributed by atoms with Gasteiger partial charge in [0.05, 0.1) is 0 Å². The van der Waals surface area contributed by atoms with E-state index in [0.717, 1.165) is 12.1 Å². The SMILES string of the molecule is CCc1c(F)ccc(OS(=O)O)c1F. The van der Waals surface area contributed by atoms with Gasteiger partial charge in [0.1, 0.15) is 5.82 Å². The molecule has 3 nitrogen and oxygen atoms in total. The molecule has 0 fully saturated rings. The monoisotopic (exact) mass is 222 g/mol. The topological polar surface area (TPSA) is 46.5 Å². The van der Waals surface area contributed by atoms with Gasteiger partial charge in [0, 0.05) is 5.56 Å². The smallest absolute Gasteiger partial charge is 0.357 e. The fraction of sp³-hybridized carbons (Fsp3) is 0.250. The highest BCUT2D eigenvalue weighted by Gasteiger charge is 2.14. The van der Waals surface area contributed by atoms with E-state index >= 15 is 0 Å². The van der Waals surface area contributed by atoms with Gasteiger partial charge in [-0.05, 0) is 18.6 Å². The third-order valence-electron chi connectivity index (χ3n) is 1.67. The van der Waals surface area contributed by atoms with Gasteiger partial charge < -0.3 is 4.18 Å². The third-order valence-corrected chi connectivity index (χ3v) is 1.99. The molecule has 0 saturated carbocycles. The van der Waals surface area contributed by atoms with Gasteiger partial charge in [-0.3, -0.25) is 4.55 Å². The zero-order valence-electron chi connectivity index (χ0n) is 7.29. The maximum atomic E-state index is 13.3. The van der Waals surface area contributed by atoms with Crippen LogP contribution in [0.25, 0.3) is 0 Å². The van der Waals surface area contributed by atoms with Crippen LogP contribution < -0.4 is 4.18 Å². The first-order chi connectivity index (χ1) is 6.56. The maximum Gasteiger partial charge on any atom is 0.357 e. The van der Waals surface area contributed by atoms with E-state index in [1.807, 2.05) is 0 Å². The molecular formula is C8H8F2O3S. The van der Waals surface area contributed by atoms with Crippen molar-refractivity contribution in [3.05, 3.63) is 29.3 Å². The van der Waals surface area contributed by atoms with E-state index in [4.69, 9.17) is 4.55 Å². The largest absolute Gasteiger partial charge is 0.377 e. The Morgan fingerprint density at radius 1 is 1.50 bits per heavy atom. The summed E-state index contributed by atoms with van der Waals surface area (Å²) in [5.41, 5.74) is -0.159. The van der Waals surface area contributed by atoms with E-state index in [1.54, 1.807) is 6.92 Å². The molecule has 0 saturated heterocycles. The summed E-state index contributed by atoms with van der Waals surface area (Å²) in [5, 5.41) is 0. The van der Waals surface area contributed by atoms with Crippen LogP contribution in [0.4, 0.5) is 8.78 Å². The molecule has 1 aromatic rings. The Labute approximate surface area is 82.2 Å². The summed E-state index contributed by atoms with van der Waals surface area (Å²) in [4.78, 5) is 0. The van der Waals surface area contributed by atoms with Gasteiger partial charge >= 0.3 is 11.4 Å². The number of rotatable bonds is 3. The fourth-order valence-electron chi connectivity index (χ4n) is 1.04. The summed E-state index contributed by atoms with van der Waals surface area (Å²) in [6.07, 6.45) is 0.146. The molecule has 6 heteroatoms. The molecule has 0 aliphatic carbocycles. The lowest BCUT2D eigenvalue weighted by Crippen LogP contribution is -2.03. The van der Waals surface area contributed by atoms with E-state index < -0.39 is 28.7 Å². The van der Waals surface area contributed by atoms with Crippen molar-refractivity contribution in [2.45, 2.75) is 13.3 Å². The van der Waals surface area contributed by atoms with Crippen LogP contribution in [-0.4, -0.2) is 8.76 Å². The Hall–Kier alpha value is -1.01. The predicted octanol–water partition coefficient (Wildman–Crippen LogP) is 2.04. The second-order valence-corrected chi connectivity index (χ2v) is 3.09. The molecule has 0 radical (unpaired) electrons. The molecule has 0 aliphatic rings. The van der Waals surface area contributed by atoms with E-state index in [-0.39, 0.29) is 12.0 Å². The van der Waals surface area contributed by atoms with Crippen LogP contribution in [0.5, 0.6) is 5.75 Å². The van der Waals surface area contributed by atoms with Crippen LogP contribution in [0.1, 0.15) is 12.5 Å². The molecular weight excluding hydrogens is 214 g/mol. The minimum absolute atomic E-state index is 0.146. The molecule has 1 atom stereocenters. The molecule has 0 spiro atoms. The Balaban J connectivity index is 3.14. The summed E-state index contributed by atoms with van der Waals surface area (Å²) in [7, 11) is 0. The van der Waals surface area contributed by atoms with E-state index in [0.29, 0.717) is 0 Å². The van der Waals surface area contributed by atoms with E-state index in [2.05, 4.69) is 4.18 Å². The number of benzene rings is 1. The number of hydrogen-bond acceptors (Lipinski definition) is 2. The second-order valence-electron chi connectivity index (χ2n) is 2.49. The number of halogens is 2. The minimum atomic E-state index is -2.61. The fourth-order valence-corrected chi connectivity index (χ4v) is 1.32. The molecule has 0 amide bonds. The average molecular weight is 222 g/mol. The molecule has 0 bridgehead atoms. The number of hydrogen-bond donors (Lipinski definition) is 1. The predicted molar refractivity (Wildman–Crippen MR) is 47.1 cm³/mol. The lowest BCUT2D eigenvalue weighted by molar-refractivity contribution is 0.433. The van der Waals surface area contributed by atoms with Crippen LogP contribution in [-0.2, 0) is 17.8 Å². The van der Waals surface area contributed by atoms with Crippen molar-refractivity contribution in [2.24, 2.45) is 0 Å². The Bertz CT molecular complexity index is 368. The van der Waals surface area contributed by atoms with Crippen molar-refractivity contribution in [2.75, 3.05) is 0 Å². The van der Waals surface area contributed by atoms with Gasteiger partial charge in [-0.25, -0.2) is 8.78 Å². The zero-order valence-corrected chi connectivity index (χ0v) is 8.11. The van der Waals surface area contributed by atoms with Crippen molar-refractivity contribution in [1.82, 2.24) is 0 Å². The third kappa shape index (κ3) is 2.27. The lowest BCUT2D eigenvalue weighted by Gasteiger charge is -2.06. The van der Waals surface area contributed by atoms with Crippen LogP contribution in [0, 0.1) is 11.6 Å². The Morgan fingerprint density at radius 2 is 2.14 bits per heavy atom. The van der Waals surface area contributed by atoms with Crippen molar-refractivity contribution < 1.29 is 21.7 Å². The highest BCUT2D eigenvalue weighted by molar-refractivity contribution is 7.74. The van der Waals surface area contributed by atoms with Gasteiger partial charge in [0.25, 0.3) is 0 Å². The average Bonchev–Trinajstić information content (AvgIpc) is 2.10. The Morgan fingerprint density at radius 3 is 2.64 bits per heavy atom. The van der Waals surface area contributed by atoms with Crippen molar-refractivity contribution in [3.63, 3.8) is 0 Å². The molecule has 0 aromatic heterocycles.